The van der Waals surface area contributed by atoms with Crippen molar-refractivity contribution in [3.8, 4) is 0 Å². The molecule has 5 heteroatoms. The van der Waals surface area contributed by atoms with Gasteiger partial charge in [-0.3, -0.25) is 4.90 Å². The molecule has 0 saturated carbocycles. The summed E-state index contributed by atoms with van der Waals surface area (Å²) in [5.41, 5.74) is 5.84. The minimum absolute atomic E-state index is 0. The van der Waals surface area contributed by atoms with E-state index < -0.39 is 5.82 Å². The van der Waals surface area contributed by atoms with Gasteiger partial charge >= 0.3 is 0 Å². The number of benzene rings is 1. The maximum absolute atomic E-state index is 13.3. The van der Waals surface area contributed by atoms with Crippen LogP contribution < -0.4 is 5.73 Å². The molecule has 0 amide bonds. The van der Waals surface area contributed by atoms with E-state index in [1.807, 2.05) is 18.9 Å². The van der Waals surface area contributed by atoms with Crippen LogP contribution in [-0.2, 0) is 6.54 Å². The lowest BCUT2D eigenvalue weighted by molar-refractivity contribution is 0.251. The predicted octanol–water partition coefficient (Wildman–Crippen LogP) is 2.17. The second-order valence-corrected chi connectivity index (χ2v) is 3.74. The molecule has 0 bridgehead atoms. The van der Waals surface area contributed by atoms with Gasteiger partial charge < -0.3 is 5.73 Å². The molecule has 0 aliphatic heterocycles. The quantitative estimate of drug-likeness (QED) is 0.888. The molecule has 92 valence electrons. The van der Waals surface area contributed by atoms with Crippen LogP contribution in [0.2, 0.25) is 0 Å². The lowest BCUT2D eigenvalue weighted by Crippen LogP contribution is -2.35. The van der Waals surface area contributed by atoms with Crippen LogP contribution in [0.3, 0.4) is 0 Å². The van der Waals surface area contributed by atoms with Crippen molar-refractivity contribution in [3.63, 3.8) is 0 Å². The molecule has 1 atom stereocenters. The van der Waals surface area contributed by atoms with Gasteiger partial charge in [0.15, 0.2) is 0 Å². The molecular formula is C11H17ClF2N2. The molecule has 2 N–H and O–H groups in total. The third-order valence-electron chi connectivity index (χ3n) is 2.52. The molecule has 1 aromatic rings. The zero-order valence-electron chi connectivity index (χ0n) is 9.41. The van der Waals surface area contributed by atoms with Crippen LogP contribution in [0.4, 0.5) is 8.78 Å². The first-order valence-electron chi connectivity index (χ1n) is 4.89. The van der Waals surface area contributed by atoms with E-state index in [1.54, 1.807) is 0 Å². The minimum Gasteiger partial charge on any atom is -0.329 e. The second-order valence-electron chi connectivity index (χ2n) is 3.74. The van der Waals surface area contributed by atoms with Crippen molar-refractivity contribution in [2.24, 2.45) is 5.73 Å². The van der Waals surface area contributed by atoms with Crippen molar-refractivity contribution in [1.29, 1.82) is 0 Å². The first-order chi connectivity index (χ1) is 7.04. The molecule has 0 saturated heterocycles. The number of hydrogen-bond donors (Lipinski definition) is 1. The highest BCUT2D eigenvalue weighted by Crippen LogP contribution is 2.12. The zero-order chi connectivity index (χ0) is 11.4. The molecule has 1 unspecified atom stereocenters. The minimum atomic E-state index is -0.416. The second kappa shape index (κ2) is 6.78. The summed E-state index contributed by atoms with van der Waals surface area (Å²) in [5, 5.41) is 0. The van der Waals surface area contributed by atoms with Crippen LogP contribution in [0.25, 0.3) is 0 Å². The van der Waals surface area contributed by atoms with Gasteiger partial charge in [-0.25, -0.2) is 8.78 Å². The maximum atomic E-state index is 13.3. The highest BCUT2D eigenvalue weighted by molar-refractivity contribution is 5.85. The van der Waals surface area contributed by atoms with E-state index in [1.165, 1.54) is 6.07 Å². The predicted molar refractivity (Wildman–Crippen MR) is 63.6 cm³/mol. The SMILES string of the molecule is CC(CN)N(C)Cc1cc(F)ccc1F.Cl. The average Bonchev–Trinajstić information content (AvgIpc) is 2.22. The normalized spacial score (nSPS) is 12.4. The van der Waals surface area contributed by atoms with Crippen molar-refractivity contribution >= 4 is 12.4 Å². The van der Waals surface area contributed by atoms with Gasteiger partial charge in [0.25, 0.3) is 0 Å². The third-order valence-corrected chi connectivity index (χ3v) is 2.52. The molecule has 1 aromatic carbocycles. The highest BCUT2D eigenvalue weighted by Gasteiger charge is 2.11. The standard InChI is InChI=1S/C11H16F2N2.ClH/c1-8(6-14)15(2)7-9-5-10(12)3-4-11(9)13;/h3-5,8H,6-7,14H2,1-2H3;1H. The van der Waals surface area contributed by atoms with Gasteiger partial charge in [-0.05, 0) is 32.2 Å². The van der Waals surface area contributed by atoms with Gasteiger partial charge in [0, 0.05) is 24.7 Å². The van der Waals surface area contributed by atoms with E-state index in [0.29, 0.717) is 18.7 Å². The monoisotopic (exact) mass is 250 g/mol. The largest absolute Gasteiger partial charge is 0.329 e. The first-order valence-corrected chi connectivity index (χ1v) is 4.89. The van der Waals surface area contributed by atoms with Gasteiger partial charge in [-0.2, -0.15) is 0 Å². The summed E-state index contributed by atoms with van der Waals surface area (Å²) in [6, 6.07) is 3.62. The lowest BCUT2D eigenvalue weighted by atomic mass is 10.1. The lowest BCUT2D eigenvalue weighted by Gasteiger charge is -2.23. The summed E-state index contributed by atoms with van der Waals surface area (Å²) in [6.45, 7) is 2.80. The molecule has 0 fully saturated rings. The van der Waals surface area contributed by atoms with E-state index in [4.69, 9.17) is 5.73 Å². The Bertz CT molecular complexity index is 334. The first kappa shape index (κ1) is 15.3. The van der Waals surface area contributed by atoms with Gasteiger partial charge in [0.05, 0.1) is 0 Å². The van der Waals surface area contributed by atoms with Gasteiger partial charge in [0.2, 0.25) is 0 Å². The summed E-state index contributed by atoms with van der Waals surface area (Å²) in [6.07, 6.45) is 0. The van der Waals surface area contributed by atoms with Crippen molar-refractivity contribution in [2.75, 3.05) is 13.6 Å². The number of nitrogens with two attached hydrogens (primary N) is 1. The molecule has 2 nitrogen and oxygen atoms in total. The molecule has 0 aliphatic rings. The molecule has 0 aromatic heterocycles. The van der Waals surface area contributed by atoms with E-state index in [-0.39, 0.29) is 24.3 Å². The van der Waals surface area contributed by atoms with Crippen LogP contribution in [0.1, 0.15) is 12.5 Å². The summed E-state index contributed by atoms with van der Waals surface area (Å²) < 4.78 is 26.1. The number of likely N-dealkylation sites (N-methyl/N-ethyl adjacent to an activating group) is 1. The smallest absolute Gasteiger partial charge is 0.127 e. The van der Waals surface area contributed by atoms with Crippen LogP contribution >= 0.6 is 12.4 Å². The van der Waals surface area contributed by atoms with Gasteiger partial charge in [0.1, 0.15) is 11.6 Å². The zero-order valence-corrected chi connectivity index (χ0v) is 10.2. The van der Waals surface area contributed by atoms with Crippen LogP contribution in [0.15, 0.2) is 18.2 Å². The topological polar surface area (TPSA) is 29.3 Å². The molecular weight excluding hydrogens is 234 g/mol. The van der Waals surface area contributed by atoms with Gasteiger partial charge in [-0.15, -0.1) is 12.4 Å². The maximum Gasteiger partial charge on any atom is 0.127 e. The Hall–Kier alpha value is -0.710. The highest BCUT2D eigenvalue weighted by atomic mass is 35.5. The van der Waals surface area contributed by atoms with Crippen molar-refractivity contribution in [3.05, 3.63) is 35.4 Å². The molecule has 16 heavy (non-hydrogen) atoms. The molecule has 0 radical (unpaired) electrons. The number of rotatable bonds is 4. The van der Waals surface area contributed by atoms with E-state index >= 15 is 0 Å². The molecule has 0 heterocycles. The Kier molecular flexibility index (Phi) is 6.48. The summed E-state index contributed by atoms with van der Waals surface area (Å²) in [7, 11) is 1.84. The summed E-state index contributed by atoms with van der Waals surface area (Å²) in [5.74, 6) is -0.798. The fourth-order valence-corrected chi connectivity index (χ4v) is 1.27. The van der Waals surface area contributed by atoms with Crippen molar-refractivity contribution in [1.82, 2.24) is 4.90 Å². The fraction of sp³-hybridized carbons (Fsp3) is 0.455. The third kappa shape index (κ3) is 4.04. The van der Waals surface area contributed by atoms with Crippen molar-refractivity contribution < 1.29 is 8.78 Å². The molecule has 1 rings (SSSR count). The van der Waals surface area contributed by atoms with Crippen LogP contribution in [-0.4, -0.2) is 24.5 Å². The Morgan fingerprint density at radius 1 is 1.38 bits per heavy atom. The fourth-order valence-electron chi connectivity index (χ4n) is 1.27. The number of nitrogens with zero attached hydrogens (tertiary/aromatic N) is 1. The Morgan fingerprint density at radius 3 is 2.56 bits per heavy atom. The van der Waals surface area contributed by atoms with Crippen LogP contribution in [0, 0.1) is 11.6 Å². The Balaban J connectivity index is 0.00000225. The van der Waals surface area contributed by atoms with E-state index in [9.17, 15) is 8.78 Å². The molecule has 0 aliphatic carbocycles. The Labute approximate surface area is 101 Å². The van der Waals surface area contributed by atoms with E-state index in [2.05, 4.69) is 0 Å². The average molecular weight is 251 g/mol. The summed E-state index contributed by atoms with van der Waals surface area (Å²) >= 11 is 0. The molecule has 0 spiro atoms. The van der Waals surface area contributed by atoms with E-state index in [0.717, 1.165) is 12.1 Å². The summed E-state index contributed by atoms with van der Waals surface area (Å²) in [4.78, 5) is 1.89. The number of halogens is 3. The van der Waals surface area contributed by atoms with Crippen molar-refractivity contribution in [2.45, 2.75) is 19.5 Å². The Morgan fingerprint density at radius 2 is 2.00 bits per heavy atom. The van der Waals surface area contributed by atoms with Crippen LogP contribution in [0.5, 0.6) is 0 Å². The number of hydrogen-bond acceptors (Lipinski definition) is 2. The van der Waals surface area contributed by atoms with Gasteiger partial charge in [-0.1, -0.05) is 0 Å².